The molecule has 0 unspecified atom stereocenters. The van der Waals surface area contributed by atoms with E-state index in [1.165, 1.54) is 23.6 Å². The van der Waals surface area contributed by atoms with Crippen LogP contribution < -0.4 is 5.32 Å². The lowest BCUT2D eigenvalue weighted by Gasteiger charge is -2.41. The van der Waals surface area contributed by atoms with Gasteiger partial charge in [0.2, 0.25) is 0 Å². The third-order valence-electron chi connectivity index (χ3n) is 5.92. The molecule has 0 saturated heterocycles. The first-order valence-electron chi connectivity index (χ1n) is 10.7. The van der Waals surface area contributed by atoms with E-state index in [0.29, 0.717) is 42.3 Å². The van der Waals surface area contributed by atoms with Crippen LogP contribution in [0.5, 0.6) is 0 Å². The molecule has 4 aromatic rings. The molecule has 4 heterocycles. The van der Waals surface area contributed by atoms with Crippen molar-refractivity contribution in [3.63, 3.8) is 0 Å². The lowest BCUT2D eigenvalue weighted by Crippen LogP contribution is -2.42. The Hall–Kier alpha value is -3.60. The Morgan fingerprint density at radius 3 is 2.79 bits per heavy atom. The van der Waals surface area contributed by atoms with Crippen LogP contribution in [0.2, 0.25) is 0 Å². The molecular weight excluding hydrogens is 443 g/mol. The highest BCUT2D eigenvalue weighted by atomic mass is 32.1. The van der Waals surface area contributed by atoms with Crippen LogP contribution in [0.3, 0.4) is 0 Å². The van der Waals surface area contributed by atoms with Crippen molar-refractivity contribution in [1.29, 1.82) is 0 Å². The maximum Gasteiger partial charge on any atom is 0.185 e. The zero-order valence-electron chi connectivity index (χ0n) is 17.7. The zero-order valence-corrected chi connectivity index (χ0v) is 18.5. The molecule has 2 N–H and O–H groups in total. The summed E-state index contributed by atoms with van der Waals surface area (Å²) < 4.78 is 14.3. The van der Waals surface area contributed by atoms with Gasteiger partial charge in [-0.1, -0.05) is 6.42 Å². The maximum absolute atomic E-state index is 14.3. The Balaban J connectivity index is 1.20. The molecule has 168 valence electrons. The number of hydrogen-bond donors (Lipinski definition) is 2. The zero-order chi connectivity index (χ0) is 22.7. The number of carbonyl (C=O) groups is 1. The quantitative estimate of drug-likeness (QED) is 0.360. The second kappa shape index (κ2) is 9.10. The molecule has 1 fully saturated rings. The van der Waals surface area contributed by atoms with Gasteiger partial charge in [-0.15, -0.1) is 21.5 Å². The average molecular weight is 465 g/mol. The third kappa shape index (κ3) is 4.49. The lowest BCUT2D eigenvalue weighted by atomic mass is 9.66. The van der Waals surface area contributed by atoms with Gasteiger partial charge in [0.25, 0.3) is 0 Å². The first-order chi connectivity index (χ1) is 16.1. The van der Waals surface area contributed by atoms with Crippen LogP contribution in [0.1, 0.15) is 46.7 Å². The molecule has 0 atom stereocenters. The molecular formula is C22H21FN8OS. The number of aromatic nitrogens is 7. The SMILES string of the molecule is O=C(CCc1cnc(-c2ccc(NCC3(c4ncccc4F)CCC3)nn2)s1)c1cn[nH]n1. The molecule has 5 rings (SSSR count). The van der Waals surface area contributed by atoms with Crippen LogP contribution in [0, 0.1) is 5.82 Å². The second-order valence-corrected chi connectivity index (χ2v) is 9.15. The van der Waals surface area contributed by atoms with Gasteiger partial charge in [0.15, 0.2) is 5.78 Å². The van der Waals surface area contributed by atoms with E-state index in [-0.39, 0.29) is 17.0 Å². The molecule has 0 radical (unpaired) electrons. The highest BCUT2D eigenvalue weighted by Crippen LogP contribution is 2.43. The number of Topliss-reactive ketones (excluding diaryl/α,β-unsaturated/α-hetero) is 1. The van der Waals surface area contributed by atoms with Crippen LogP contribution in [0.4, 0.5) is 10.2 Å². The summed E-state index contributed by atoms with van der Waals surface area (Å²) >= 11 is 1.48. The van der Waals surface area contributed by atoms with Gasteiger partial charge in [0.05, 0.1) is 11.9 Å². The summed E-state index contributed by atoms with van der Waals surface area (Å²) in [6.07, 6.45) is 8.56. The van der Waals surface area contributed by atoms with Gasteiger partial charge < -0.3 is 5.32 Å². The molecule has 11 heteroatoms. The Morgan fingerprint density at radius 1 is 1.18 bits per heavy atom. The van der Waals surface area contributed by atoms with E-state index < -0.39 is 0 Å². The molecule has 33 heavy (non-hydrogen) atoms. The summed E-state index contributed by atoms with van der Waals surface area (Å²) in [5.41, 5.74) is 1.21. The number of aromatic amines is 1. The van der Waals surface area contributed by atoms with Crippen LogP contribution in [0.15, 0.2) is 42.9 Å². The number of halogens is 1. The highest BCUT2D eigenvalue weighted by molar-refractivity contribution is 7.15. The fraction of sp³-hybridized carbons (Fsp3) is 0.318. The summed E-state index contributed by atoms with van der Waals surface area (Å²) in [5.74, 6) is 0.294. The fourth-order valence-electron chi connectivity index (χ4n) is 3.92. The molecule has 0 aromatic carbocycles. The van der Waals surface area contributed by atoms with E-state index >= 15 is 0 Å². The number of nitrogens with zero attached hydrogens (tertiary/aromatic N) is 6. The summed E-state index contributed by atoms with van der Waals surface area (Å²) in [4.78, 5) is 21.8. The molecule has 0 aliphatic heterocycles. The summed E-state index contributed by atoms with van der Waals surface area (Å²) in [6, 6.07) is 6.77. The van der Waals surface area contributed by atoms with Gasteiger partial charge >= 0.3 is 0 Å². The predicted octanol–water partition coefficient (Wildman–Crippen LogP) is 3.60. The number of ketones is 1. The Morgan fingerprint density at radius 2 is 2.09 bits per heavy atom. The van der Waals surface area contributed by atoms with E-state index in [9.17, 15) is 9.18 Å². The van der Waals surface area contributed by atoms with Gasteiger partial charge in [-0.2, -0.15) is 15.4 Å². The predicted molar refractivity (Wildman–Crippen MR) is 120 cm³/mol. The molecule has 0 spiro atoms. The molecule has 0 bridgehead atoms. The van der Waals surface area contributed by atoms with Gasteiger partial charge in [0.1, 0.15) is 28.0 Å². The van der Waals surface area contributed by atoms with Crippen molar-refractivity contribution < 1.29 is 9.18 Å². The van der Waals surface area contributed by atoms with Crippen molar-refractivity contribution in [2.45, 2.75) is 37.5 Å². The number of anilines is 1. The number of hydrogen-bond acceptors (Lipinski definition) is 9. The number of aryl methyl sites for hydroxylation is 1. The van der Waals surface area contributed by atoms with E-state index in [2.05, 4.69) is 40.9 Å². The van der Waals surface area contributed by atoms with Gasteiger partial charge in [-0.3, -0.25) is 9.78 Å². The normalized spacial score (nSPS) is 14.6. The number of pyridine rings is 1. The Bertz CT molecular complexity index is 1240. The molecule has 9 nitrogen and oxygen atoms in total. The largest absolute Gasteiger partial charge is 0.368 e. The van der Waals surface area contributed by atoms with Crippen LogP contribution >= 0.6 is 11.3 Å². The van der Waals surface area contributed by atoms with E-state index in [4.69, 9.17) is 0 Å². The van der Waals surface area contributed by atoms with E-state index in [1.54, 1.807) is 18.5 Å². The van der Waals surface area contributed by atoms with Gasteiger partial charge in [-0.05, 0) is 43.5 Å². The minimum Gasteiger partial charge on any atom is -0.368 e. The van der Waals surface area contributed by atoms with Crippen molar-refractivity contribution in [2.24, 2.45) is 0 Å². The molecule has 4 aromatic heterocycles. The number of thiazole rings is 1. The monoisotopic (exact) mass is 464 g/mol. The van der Waals surface area contributed by atoms with Gasteiger partial charge in [0, 0.05) is 35.7 Å². The first-order valence-corrected chi connectivity index (χ1v) is 11.5. The van der Waals surface area contributed by atoms with Crippen molar-refractivity contribution in [1.82, 2.24) is 35.6 Å². The van der Waals surface area contributed by atoms with Crippen LogP contribution in [-0.2, 0) is 11.8 Å². The topological polar surface area (TPSA) is 122 Å². The summed E-state index contributed by atoms with van der Waals surface area (Å²) in [7, 11) is 0. The molecule has 1 saturated carbocycles. The van der Waals surface area contributed by atoms with Crippen LogP contribution in [0.25, 0.3) is 10.7 Å². The van der Waals surface area contributed by atoms with E-state index in [0.717, 1.165) is 29.1 Å². The molecule has 1 aliphatic carbocycles. The summed E-state index contributed by atoms with van der Waals surface area (Å²) in [6.45, 7) is 0.551. The Kier molecular flexibility index (Phi) is 5.86. The minimum absolute atomic E-state index is 0.0660. The number of H-pyrrole nitrogens is 1. The number of rotatable bonds is 9. The summed E-state index contributed by atoms with van der Waals surface area (Å²) in [5, 5.41) is 22.5. The van der Waals surface area contributed by atoms with Gasteiger partial charge in [-0.25, -0.2) is 9.37 Å². The smallest absolute Gasteiger partial charge is 0.185 e. The number of carbonyl (C=O) groups excluding carboxylic acids is 1. The van der Waals surface area contributed by atoms with Crippen LogP contribution in [-0.4, -0.2) is 47.9 Å². The molecule has 1 aliphatic rings. The molecule has 0 amide bonds. The first kappa shape index (κ1) is 21.3. The highest BCUT2D eigenvalue weighted by Gasteiger charge is 2.41. The maximum atomic E-state index is 14.3. The minimum atomic E-state index is -0.306. The average Bonchev–Trinajstić information content (AvgIpc) is 3.51. The standard InChI is InChI=1S/C22H21FN8OS/c23-15-3-1-10-24-20(15)22(8-2-9-22)13-26-19-7-5-16(28-30-19)21-25-11-14(33-21)4-6-18(32)17-12-27-31-29-17/h1,3,5,7,10-12H,2,4,6,8-9,13H2,(H,26,30)(H,27,29,31). The van der Waals surface area contributed by atoms with Crippen molar-refractivity contribution >= 4 is 22.9 Å². The number of nitrogens with one attached hydrogen (secondary N) is 2. The van der Waals surface area contributed by atoms with Crippen molar-refractivity contribution in [3.05, 3.63) is 64.9 Å². The second-order valence-electron chi connectivity index (χ2n) is 8.04. The fourth-order valence-corrected chi connectivity index (χ4v) is 4.80. The van der Waals surface area contributed by atoms with Crippen molar-refractivity contribution in [2.75, 3.05) is 11.9 Å². The Labute approximate surface area is 192 Å². The van der Waals surface area contributed by atoms with Crippen molar-refractivity contribution in [3.8, 4) is 10.7 Å². The third-order valence-corrected chi connectivity index (χ3v) is 7.00. The lowest BCUT2D eigenvalue weighted by molar-refractivity contribution is 0.0978. The van der Waals surface area contributed by atoms with E-state index in [1.807, 2.05) is 12.1 Å².